The first-order chi connectivity index (χ1) is 8.59. The molecule has 2 rings (SSSR count). The average Bonchev–Trinajstić information content (AvgIpc) is 3.05. The van der Waals surface area contributed by atoms with Crippen LogP contribution in [0.2, 0.25) is 0 Å². The predicted octanol–water partition coefficient (Wildman–Crippen LogP) is 2.29. The van der Waals surface area contributed by atoms with Crippen molar-refractivity contribution in [1.82, 2.24) is 4.31 Å². The molecule has 1 fully saturated rings. The Kier molecular flexibility index (Phi) is 4.66. The van der Waals surface area contributed by atoms with Crippen LogP contribution in [0, 0.1) is 0 Å². The van der Waals surface area contributed by atoms with Crippen molar-refractivity contribution in [3.8, 4) is 0 Å². The summed E-state index contributed by atoms with van der Waals surface area (Å²) in [4.78, 5) is 0. The van der Waals surface area contributed by atoms with Crippen molar-refractivity contribution in [2.75, 3.05) is 20.3 Å². The van der Waals surface area contributed by atoms with Crippen LogP contribution in [-0.2, 0) is 20.6 Å². The highest BCUT2D eigenvalue weighted by Gasteiger charge is 2.38. The van der Waals surface area contributed by atoms with Crippen LogP contribution < -0.4 is 0 Å². The van der Waals surface area contributed by atoms with E-state index in [0.717, 1.165) is 18.4 Å². The van der Waals surface area contributed by atoms with Gasteiger partial charge in [-0.15, -0.1) is 22.9 Å². The number of halogens is 1. The van der Waals surface area contributed by atoms with Gasteiger partial charge in [0, 0.05) is 25.6 Å². The summed E-state index contributed by atoms with van der Waals surface area (Å²) >= 11 is 6.94. The summed E-state index contributed by atoms with van der Waals surface area (Å²) < 4.78 is 31.9. The summed E-state index contributed by atoms with van der Waals surface area (Å²) in [6.45, 7) is 0.834. The van der Waals surface area contributed by atoms with Gasteiger partial charge >= 0.3 is 0 Å². The average molecular weight is 310 g/mol. The summed E-state index contributed by atoms with van der Waals surface area (Å²) in [5.41, 5.74) is 0.850. The number of thiophene rings is 1. The Labute approximate surface area is 117 Å². The molecule has 18 heavy (non-hydrogen) atoms. The molecule has 0 atom stereocenters. The van der Waals surface area contributed by atoms with E-state index in [1.807, 2.05) is 0 Å². The molecule has 102 valence electrons. The van der Waals surface area contributed by atoms with Crippen molar-refractivity contribution in [2.45, 2.75) is 29.0 Å². The highest BCUT2D eigenvalue weighted by Crippen LogP contribution is 2.34. The number of hydrogen-bond donors (Lipinski definition) is 0. The molecule has 1 aliphatic rings. The second kappa shape index (κ2) is 5.88. The van der Waals surface area contributed by atoms with Gasteiger partial charge in [-0.1, -0.05) is 0 Å². The van der Waals surface area contributed by atoms with Crippen LogP contribution in [0.25, 0.3) is 0 Å². The molecular formula is C11H16ClNO3S2. The third kappa shape index (κ3) is 3.05. The Hall–Kier alpha value is -0.140. The molecule has 0 unspecified atom stereocenters. The van der Waals surface area contributed by atoms with E-state index in [2.05, 4.69) is 0 Å². The summed E-state index contributed by atoms with van der Waals surface area (Å²) in [6, 6.07) is 1.81. The molecule has 4 nitrogen and oxygen atoms in total. The van der Waals surface area contributed by atoms with E-state index < -0.39 is 10.0 Å². The van der Waals surface area contributed by atoms with E-state index in [0.29, 0.717) is 23.2 Å². The molecule has 0 spiro atoms. The van der Waals surface area contributed by atoms with Gasteiger partial charge in [0.05, 0.1) is 6.61 Å². The monoisotopic (exact) mass is 309 g/mol. The lowest BCUT2D eigenvalue weighted by atomic mass is 10.4. The molecule has 0 amide bonds. The van der Waals surface area contributed by atoms with Crippen molar-refractivity contribution in [2.24, 2.45) is 0 Å². The minimum atomic E-state index is -3.39. The van der Waals surface area contributed by atoms with Gasteiger partial charge in [0.2, 0.25) is 0 Å². The zero-order valence-corrected chi connectivity index (χ0v) is 12.5. The molecule has 0 saturated heterocycles. The molecule has 7 heteroatoms. The fourth-order valence-electron chi connectivity index (χ4n) is 1.72. The number of nitrogens with zero attached hydrogens (tertiary/aromatic N) is 1. The Bertz CT molecular complexity index is 496. The zero-order chi connectivity index (χ0) is 13.2. The van der Waals surface area contributed by atoms with Gasteiger partial charge in [-0.25, -0.2) is 8.42 Å². The smallest absolute Gasteiger partial charge is 0.252 e. The Morgan fingerprint density at radius 3 is 2.78 bits per heavy atom. The third-order valence-corrected chi connectivity index (χ3v) is 6.54. The summed E-state index contributed by atoms with van der Waals surface area (Å²) in [5.74, 6) is 0.341. The van der Waals surface area contributed by atoms with Crippen LogP contribution >= 0.6 is 22.9 Å². The van der Waals surface area contributed by atoms with Gasteiger partial charge in [0.1, 0.15) is 4.21 Å². The van der Waals surface area contributed by atoms with E-state index in [9.17, 15) is 8.42 Å². The van der Waals surface area contributed by atoms with Gasteiger partial charge < -0.3 is 4.74 Å². The molecule has 0 N–H and O–H groups in total. The number of ether oxygens (including phenoxy) is 1. The highest BCUT2D eigenvalue weighted by molar-refractivity contribution is 7.91. The quantitative estimate of drug-likeness (QED) is 0.726. The van der Waals surface area contributed by atoms with Gasteiger partial charge in [-0.05, 0) is 29.9 Å². The lowest BCUT2D eigenvalue weighted by molar-refractivity contribution is 0.177. The van der Waals surface area contributed by atoms with E-state index >= 15 is 0 Å². The first-order valence-corrected chi connectivity index (χ1v) is 8.59. The van der Waals surface area contributed by atoms with E-state index in [1.165, 1.54) is 11.3 Å². The van der Waals surface area contributed by atoms with Crippen LogP contribution in [-0.4, -0.2) is 39.0 Å². The van der Waals surface area contributed by atoms with Crippen LogP contribution in [0.4, 0.5) is 0 Å². The molecule has 0 aromatic carbocycles. The fourth-order valence-corrected chi connectivity index (χ4v) is 4.97. The second-order valence-corrected chi connectivity index (χ2v) is 7.54. The SMILES string of the molecule is COCCN(C1CC1)S(=O)(=O)c1cc(CCl)cs1. The third-order valence-electron chi connectivity index (χ3n) is 2.82. The van der Waals surface area contributed by atoms with Gasteiger partial charge in [0.25, 0.3) is 10.0 Å². The number of sulfonamides is 1. The van der Waals surface area contributed by atoms with Crippen LogP contribution in [0.15, 0.2) is 15.7 Å². The minimum Gasteiger partial charge on any atom is -0.383 e. The lowest BCUT2D eigenvalue weighted by Gasteiger charge is -2.20. The molecular weight excluding hydrogens is 294 g/mol. The highest BCUT2D eigenvalue weighted by atomic mass is 35.5. The maximum absolute atomic E-state index is 12.5. The van der Waals surface area contributed by atoms with Crippen molar-refractivity contribution >= 4 is 33.0 Å². The Balaban J connectivity index is 2.21. The first-order valence-electron chi connectivity index (χ1n) is 5.73. The summed E-state index contributed by atoms with van der Waals surface area (Å²) in [7, 11) is -1.81. The number of rotatable bonds is 7. The molecule has 0 radical (unpaired) electrons. The standard InChI is InChI=1S/C11H16ClNO3S2/c1-16-5-4-13(10-2-3-10)18(14,15)11-6-9(7-12)8-17-11/h6,8,10H,2-5,7H2,1H3. The maximum Gasteiger partial charge on any atom is 0.252 e. The summed E-state index contributed by atoms with van der Waals surface area (Å²) in [5, 5.41) is 1.79. The van der Waals surface area contributed by atoms with E-state index in [-0.39, 0.29) is 6.04 Å². The van der Waals surface area contributed by atoms with Crippen molar-refractivity contribution in [3.05, 3.63) is 17.0 Å². The second-order valence-electron chi connectivity index (χ2n) is 4.25. The van der Waals surface area contributed by atoms with E-state index in [4.69, 9.17) is 16.3 Å². The van der Waals surface area contributed by atoms with E-state index in [1.54, 1.807) is 22.9 Å². The molecule has 1 saturated carbocycles. The molecule has 0 aliphatic heterocycles. The molecule has 1 heterocycles. The maximum atomic E-state index is 12.5. The number of hydrogen-bond acceptors (Lipinski definition) is 4. The topological polar surface area (TPSA) is 46.6 Å². The van der Waals surface area contributed by atoms with Crippen LogP contribution in [0.1, 0.15) is 18.4 Å². The molecule has 0 bridgehead atoms. The number of methoxy groups -OCH3 is 1. The van der Waals surface area contributed by atoms with Crippen molar-refractivity contribution < 1.29 is 13.2 Å². The lowest BCUT2D eigenvalue weighted by Crippen LogP contribution is -2.35. The van der Waals surface area contributed by atoms with Crippen LogP contribution in [0.5, 0.6) is 0 Å². The fraction of sp³-hybridized carbons (Fsp3) is 0.636. The van der Waals surface area contributed by atoms with Crippen molar-refractivity contribution in [3.63, 3.8) is 0 Å². The Morgan fingerprint density at radius 2 is 2.28 bits per heavy atom. The van der Waals surface area contributed by atoms with Gasteiger partial charge in [0.15, 0.2) is 0 Å². The largest absolute Gasteiger partial charge is 0.383 e. The molecule has 1 aromatic heterocycles. The van der Waals surface area contributed by atoms with Gasteiger partial charge in [-0.2, -0.15) is 4.31 Å². The minimum absolute atomic E-state index is 0.145. The van der Waals surface area contributed by atoms with Crippen LogP contribution in [0.3, 0.4) is 0 Å². The molecule has 1 aliphatic carbocycles. The van der Waals surface area contributed by atoms with Gasteiger partial charge in [-0.3, -0.25) is 0 Å². The summed E-state index contributed by atoms with van der Waals surface area (Å²) in [6.07, 6.45) is 1.88. The normalized spacial score (nSPS) is 16.4. The predicted molar refractivity (Wildman–Crippen MR) is 72.7 cm³/mol. The Morgan fingerprint density at radius 1 is 1.56 bits per heavy atom. The van der Waals surface area contributed by atoms with Crippen molar-refractivity contribution in [1.29, 1.82) is 0 Å². The molecule has 1 aromatic rings. The zero-order valence-electron chi connectivity index (χ0n) is 10.1. The number of alkyl halides is 1. The first kappa shape index (κ1) is 14.3.